The number of aliphatic carboxylic acids is 1. The van der Waals surface area contributed by atoms with Crippen molar-refractivity contribution in [2.24, 2.45) is 17.8 Å². The zero-order chi connectivity index (χ0) is 13.0. The van der Waals surface area contributed by atoms with Gasteiger partial charge in [-0.3, -0.25) is 9.59 Å². The highest BCUT2D eigenvalue weighted by Gasteiger charge is 2.31. The Balaban J connectivity index is 1.80. The molecule has 0 heterocycles. The van der Waals surface area contributed by atoms with Crippen LogP contribution in [0.3, 0.4) is 0 Å². The lowest BCUT2D eigenvalue weighted by Gasteiger charge is -2.28. The topological polar surface area (TPSA) is 66.4 Å². The summed E-state index contributed by atoms with van der Waals surface area (Å²) in [7, 11) is 0. The average molecular weight is 251 g/mol. The smallest absolute Gasteiger partial charge is 0.306 e. The van der Waals surface area contributed by atoms with Crippen LogP contribution >= 0.6 is 0 Å². The Morgan fingerprint density at radius 3 is 2.50 bits per heavy atom. The summed E-state index contributed by atoms with van der Waals surface area (Å²) in [5.41, 5.74) is 0. The van der Waals surface area contributed by atoms with Gasteiger partial charge in [-0.1, -0.05) is 25.0 Å². The van der Waals surface area contributed by atoms with Crippen molar-refractivity contribution in [2.75, 3.05) is 6.54 Å². The maximum Gasteiger partial charge on any atom is 0.306 e. The van der Waals surface area contributed by atoms with Gasteiger partial charge in [0.15, 0.2) is 0 Å². The van der Waals surface area contributed by atoms with Crippen molar-refractivity contribution in [1.29, 1.82) is 0 Å². The molecule has 2 N–H and O–H groups in total. The third-order valence-electron chi connectivity index (χ3n) is 4.14. The van der Waals surface area contributed by atoms with Crippen LogP contribution in [-0.4, -0.2) is 23.5 Å². The zero-order valence-corrected chi connectivity index (χ0v) is 10.6. The van der Waals surface area contributed by atoms with Crippen LogP contribution in [-0.2, 0) is 9.59 Å². The van der Waals surface area contributed by atoms with E-state index in [9.17, 15) is 9.59 Å². The second-order valence-electron chi connectivity index (χ2n) is 5.37. The lowest BCUT2D eigenvalue weighted by atomic mass is 9.79. The van der Waals surface area contributed by atoms with Crippen LogP contribution in [0.5, 0.6) is 0 Å². The molecular weight excluding hydrogens is 230 g/mol. The summed E-state index contributed by atoms with van der Waals surface area (Å²) in [6.07, 6.45) is 9.44. The van der Waals surface area contributed by atoms with Gasteiger partial charge in [0.25, 0.3) is 0 Å². The van der Waals surface area contributed by atoms with Crippen molar-refractivity contribution in [2.45, 2.75) is 38.5 Å². The maximum absolute atomic E-state index is 11.9. The van der Waals surface area contributed by atoms with E-state index >= 15 is 0 Å². The summed E-state index contributed by atoms with van der Waals surface area (Å²) < 4.78 is 0. The highest BCUT2D eigenvalue weighted by atomic mass is 16.4. The molecule has 18 heavy (non-hydrogen) atoms. The van der Waals surface area contributed by atoms with Crippen LogP contribution in [0, 0.1) is 17.8 Å². The number of allylic oxidation sites excluding steroid dienone is 2. The van der Waals surface area contributed by atoms with Gasteiger partial charge < -0.3 is 10.4 Å². The fourth-order valence-electron chi connectivity index (χ4n) is 2.98. The Bertz CT molecular complexity index is 343. The number of rotatable bonds is 4. The van der Waals surface area contributed by atoms with Crippen molar-refractivity contribution < 1.29 is 14.7 Å². The molecule has 0 aromatic heterocycles. The number of carboxylic acid groups (broad SMARTS) is 1. The molecule has 0 bridgehead atoms. The Morgan fingerprint density at radius 2 is 1.83 bits per heavy atom. The largest absolute Gasteiger partial charge is 0.481 e. The Labute approximate surface area is 107 Å². The highest BCUT2D eigenvalue weighted by molar-refractivity contribution is 5.79. The van der Waals surface area contributed by atoms with Gasteiger partial charge in [0.1, 0.15) is 0 Å². The lowest BCUT2D eigenvalue weighted by Crippen LogP contribution is -2.39. The van der Waals surface area contributed by atoms with Gasteiger partial charge in [-0.2, -0.15) is 0 Å². The molecule has 2 aliphatic rings. The number of carboxylic acids is 1. The SMILES string of the molecule is O=C(NCC1CCCCC1C(=O)O)C1CC=CC1. The van der Waals surface area contributed by atoms with Gasteiger partial charge in [-0.25, -0.2) is 0 Å². The summed E-state index contributed by atoms with van der Waals surface area (Å²) >= 11 is 0. The fourth-order valence-corrected chi connectivity index (χ4v) is 2.98. The molecule has 1 fully saturated rings. The molecule has 1 saturated carbocycles. The number of hydrogen-bond acceptors (Lipinski definition) is 2. The molecule has 0 spiro atoms. The van der Waals surface area contributed by atoms with Gasteiger partial charge in [-0.15, -0.1) is 0 Å². The molecule has 0 aromatic carbocycles. The minimum absolute atomic E-state index is 0.0665. The van der Waals surface area contributed by atoms with Crippen LogP contribution in [0.25, 0.3) is 0 Å². The second-order valence-corrected chi connectivity index (χ2v) is 5.37. The molecule has 4 nitrogen and oxygen atoms in total. The van der Waals surface area contributed by atoms with E-state index in [1.807, 2.05) is 12.2 Å². The number of carbonyl (C=O) groups is 2. The summed E-state index contributed by atoms with van der Waals surface area (Å²) in [5.74, 6) is -0.738. The third kappa shape index (κ3) is 3.12. The summed E-state index contributed by atoms with van der Waals surface area (Å²) in [5, 5.41) is 12.1. The molecule has 0 aliphatic heterocycles. The first-order valence-corrected chi connectivity index (χ1v) is 6.84. The minimum Gasteiger partial charge on any atom is -0.481 e. The number of amides is 1. The first kappa shape index (κ1) is 13.1. The van der Waals surface area contributed by atoms with Crippen LogP contribution < -0.4 is 5.32 Å². The van der Waals surface area contributed by atoms with E-state index in [0.29, 0.717) is 6.54 Å². The number of hydrogen-bond donors (Lipinski definition) is 2. The predicted molar refractivity (Wildman–Crippen MR) is 68.0 cm³/mol. The zero-order valence-electron chi connectivity index (χ0n) is 10.6. The van der Waals surface area contributed by atoms with Gasteiger partial charge in [-0.05, 0) is 31.6 Å². The van der Waals surface area contributed by atoms with E-state index in [1.165, 1.54) is 0 Å². The molecule has 4 heteroatoms. The predicted octanol–water partition coefficient (Wildman–Crippen LogP) is 1.96. The van der Waals surface area contributed by atoms with E-state index in [4.69, 9.17) is 5.11 Å². The van der Waals surface area contributed by atoms with Gasteiger partial charge in [0, 0.05) is 12.5 Å². The summed E-state index contributed by atoms with van der Waals surface area (Å²) in [6.45, 7) is 0.520. The lowest BCUT2D eigenvalue weighted by molar-refractivity contribution is -0.145. The van der Waals surface area contributed by atoms with E-state index in [-0.39, 0.29) is 23.7 Å². The summed E-state index contributed by atoms with van der Waals surface area (Å²) in [4.78, 5) is 23.0. The van der Waals surface area contributed by atoms with E-state index in [0.717, 1.165) is 38.5 Å². The van der Waals surface area contributed by atoms with Gasteiger partial charge in [0.2, 0.25) is 5.91 Å². The number of nitrogens with one attached hydrogen (secondary N) is 1. The van der Waals surface area contributed by atoms with Crippen LogP contribution in [0.1, 0.15) is 38.5 Å². The van der Waals surface area contributed by atoms with Crippen LogP contribution in [0.4, 0.5) is 0 Å². The quantitative estimate of drug-likeness (QED) is 0.751. The maximum atomic E-state index is 11.9. The molecular formula is C14H21NO3. The molecule has 100 valence electrons. The monoisotopic (exact) mass is 251 g/mol. The standard InChI is InChI=1S/C14H21NO3/c16-13(10-5-1-2-6-10)15-9-11-7-3-4-8-12(11)14(17)18/h1-2,10-12H,3-9H2,(H,15,16)(H,17,18). The van der Waals surface area contributed by atoms with Crippen LogP contribution in [0.15, 0.2) is 12.2 Å². The van der Waals surface area contributed by atoms with Crippen molar-refractivity contribution >= 4 is 11.9 Å². The molecule has 2 aliphatic carbocycles. The Kier molecular flexibility index (Phi) is 4.39. The summed E-state index contributed by atoms with van der Waals surface area (Å²) in [6, 6.07) is 0. The average Bonchev–Trinajstić information content (AvgIpc) is 2.90. The molecule has 1 amide bonds. The molecule has 2 unspecified atom stereocenters. The van der Waals surface area contributed by atoms with E-state index in [1.54, 1.807) is 0 Å². The first-order valence-electron chi connectivity index (χ1n) is 6.84. The second kappa shape index (κ2) is 6.03. The van der Waals surface area contributed by atoms with Crippen molar-refractivity contribution in [3.8, 4) is 0 Å². The van der Waals surface area contributed by atoms with Crippen molar-refractivity contribution in [3.63, 3.8) is 0 Å². The number of carbonyl (C=O) groups excluding carboxylic acids is 1. The van der Waals surface area contributed by atoms with Crippen molar-refractivity contribution in [3.05, 3.63) is 12.2 Å². The fraction of sp³-hybridized carbons (Fsp3) is 0.714. The molecule has 0 saturated heterocycles. The Morgan fingerprint density at radius 1 is 1.17 bits per heavy atom. The molecule has 2 atom stereocenters. The van der Waals surface area contributed by atoms with Gasteiger partial charge in [0.05, 0.1) is 5.92 Å². The minimum atomic E-state index is -0.712. The normalized spacial score (nSPS) is 28.2. The highest BCUT2D eigenvalue weighted by Crippen LogP contribution is 2.30. The van der Waals surface area contributed by atoms with Gasteiger partial charge >= 0.3 is 5.97 Å². The van der Waals surface area contributed by atoms with Crippen molar-refractivity contribution in [1.82, 2.24) is 5.32 Å². The molecule has 0 radical (unpaired) electrons. The Hall–Kier alpha value is -1.32. The van der Waals surface area contributed by atoms with E-state index < -0.39 is 5.97 Å². The van der Waals surface area contributed by atoms with Crippen LogP contribution in [0.2, 0.25) is 0 Å². The third-order valence-corrected chi connectivity index (χ3v) is 4.14. The molecule has 2 rings (SSSR count). The molecule has 0 aromatic rings. The van der Waals surface area contributed by atoms with E-state index in [2.05, 4.69) is 5.32 Å². The first-order chi connectivity index (χ1) is 8.68.